The van der Waals surface area contributed by atoms with Gasteiger partial charge in [-0.3, -0.25) is 20.4 Å². The topological polar surface area (TPSA) is 58.2 Å². The minimum atomic E-state index is -0.211. The van der Waals surface area contributed by atoms with E-state index in [9.17, 15) is 9.59 Å². The lowest BCUT2D eigenvalue weighted by Gasteiger charge is -2.07. The van der Waals surface area contributed by atoms with E-state index in [1.165, 1.54) is 22.2 Å². The molecule has 0 saturated heterocycles. The molecule has 6 heteroatoms. The molecule has 0 atom stereocenters. The van der Waals surface area contributed by atoms with Gasteiger partial charge >= 0.3 is 0 Å². The van der Waals surface area contributed by atoms with Gasteiger partial charge in [0.1, 0.15) is 0 Å². The van der Waals surface area contributed by atoms with Gasteiger partial charge in [0, 0.05) is 16.2 Å². The fourth-order valence-corrected chi connectivity index (χ4v) is 3.53. The van der Waals surface area contributed by atoms with Crippen LogP contribution in [0.5, 0.6) is 0 Å². The van der Waals surface area contributed by atoms with Crippen molar-refractivity contribution >= 4 is 35.3 Å². The third kappa shape index (κ3) is 8.14. The van der Waals surface area contributed by atoms with Crippen molar-refractivity contribution in [2.24, 2.45) is 0 Å². The summed E-state index contributed by atoms with van der Waals surface area (Å²) in [7, 11) is 0. The predicted molar refractivity (Wildman–Crippen MR) is 105 cm³/mol. The third-order valence-electron chi connectivity index (χ3n) is 3.29. The van der Waals surface area contributed by atoms with Crippen molar-refractivity contribution in [3.05, 3.63) is 60.2 Å². The van der Waals surface area contributed by atoms with Crippen LogP contribution in [0.3, 0.4) is 0 Å². The maximum absolute atomic E-state index is 11.8. The second kappa shape index (κ2) is 10.8. The Kier molecular flexibility index (Phi) is 8.42. The zero-order valence-electron chi connectivity index (χ0n) is 14.2. The van der Waals surface area contributed by atoms with Gasteiger partial charge in [0.05, 0.1) is 5.75 Å². The minimum absolute atomic E-state index is 0.164. The average Bonchev–Trinajstić information content (AvgIpc) is 2.64. The quantitative estimate of drug-likeness (QED) is 0.419. The molecule has 2 rings (SSSR count). The Morgan fingerprint density at radius 1 is 0.840 bits per heavy atom. The Hall–Kier alpha value is -1.92. The van der Waals surface area contributed by atoms with Gasteiger partial charge in [0.15, 0.2) is 0 Å². The van der Waals surface area contributed by atoms with E-state index >= 15 is 0 Å². The molecule has 0 aliphatic heterocycles. The van der Waals surface area contributed by atoms with E-state index < -0.39 is 0 Å². The molecule has 0 spiro atoms. The Balaban J connectivity index is 1.54. The zero-order valence-corrected chi connectivity index (χ0v) is 15.8. The number of aryl methyl sites for hydroxylation is 1. The van der Waals surface area contributed by atoms with Crippen molar-refractivity contribution in [1.29, 1.82) is 0 Å². The van der Waals surface area contributed by atoms with Gasteiger partial charge in [0.2, 0.25) is 11.8 Å². The third-order valence-corrected chi connectivity index (χ3v) is 5.40. The molecule has 0 aliphatic rings. The van der Waals surface area contributed by atoms with Crippen molar-refractivity contribution in [1.82, 2.24) is 10.9 Å². The summed E-state index contributed by atoms with van der Waals surface area (Å²) in [4.78, 5) is 25.7. The molecule has 132 valence electrons. The van der Waals surface area contributed by atoms with Crippen LogP contribution in [0.2, 0.25) is 0 Å². The van der Waals surface area contributed by atoms with Gasteiger partial charge in [-0.25, -0.2) is 0 Å². The van der Waals surface area contributed by atoms with Gasteiger partial charge in [0.25, 0.3) is 0 Å². The van der Waals surface area contributed by atoms with E-state index in [1.807, 2.05) is 49.4 Å². The molecule has 4 nitrogen and oxygen atoms in total. The normalized spacial score (nSPS) is 10.3. The zero-order chi connectivity index (χ0) is 17.9. The molecule has 2 aromatic carbocycles. The lowest BCUT2D eigenvalue weighted by Crippen LogP contribution is -2.42. The Morgan fingerprint density at radius 3 is 2.20 bits per heavy atom. The van der Waals surface area contributed by atoms with Gasteiger partial charge in [-0.15, -0.1) is 23.5 Å². The molecule has 0 radical (unpaired) electrons. The lowest BCUT2D eigenvalue weighted by atomic mass is 10.2. The summed E-state index contributed by atoms with van der Waals surface area (Å²) < 4.78 is 0. The summed E-state index contributed by atoms with van der Waals surface area (Å²) in [5.41, 5.74) is 6.11. The number of benzene rings is 2. The van der Waals surface area contributed by atoms with Crippen LogP contribution in [0.15, 0.2) is 64.4 Å². The largest absolute Gasteiger partial charge is 0.273 e. The number of hydrogen-bond donors (Lipinski definition) is 2. The molecular formula is C19H22N2O2S2. The van der Waals surface area contributed by atoms with E-state index in [2.05, 4.69) is 23.0 Å². The molecule has 0 aromatic heterocycles. The number of hydrazine groups is 1. The number of amides is 2. The number of rotatable bonds is 8. The van der Waals surface area contributed by atoms with Crippen LogP contribution in [-0.4, -0.2) is 23.3 Å². The maximum Gasteiger partial charge on any atom is 0.248 e. The Morgan fingerprint density at radius 2 is 1.48 bits per heavy atom. The molecule has 2 amide bonds. The molecule has 2 aromatic rings. The van der Waals surface area contributed by atoms with Crippen molar-refractivity contribution in [3.8, 4) is 0 Å². The molecule has 0 aliphatic carbocycles. The van der Waals surface area contributed by atoms with Crippen LogP contribution in [-0.2, 0) is 9.59 Å². The van der Waals surface area contributed by atoms with Crippen LogP contribution >= 0.6 is 23.5 Å². The second-order valence-corrected chi connectivity index (χ2v) is 7.68. The highest BCUT2D eigenvalue weighted by Crippen LogP contribution is 2.18. The first-order chi connectivity index (χ1) is 12.1. The standard InChI is InChI=1S/C19H22N2O2S2/c1-15-9-11-17(12-10-15)25-14-19(23)21-20-18(22)8-5-13-24-16-6-3-2-4-7-16/h2-4,6-7,9-12H,5,8,13-14H2,1H3,(H,20,22)(H,21,23). The smallest absolute Gasteiger partial charge is 0.248 e. The summed E-state index contributed by atoms with van der Waals surface area (Å²) in [5.74, 6) is 0.766. The van der Waals surface area contributed by atoms with E-state index in [1.54, 1.807) is 11.8 Å². The number of hydrogen-bond acceptors (Lipinski definition) is 4. The minimum Gasteiger partial charge on any atom is -0.273 e. The Labute approximate surface area is 157 Å². The van der Waals surface area contributed by atoms with Gasteiger partial charge in [-0.2, -0.15) is 0 Å². The monoisotopic (exact) mass is 374 g/mol. The first-order valence-electron chi connectivity index (χ1n) is 8.08. The van der Waals surface area contributed by atoms with E-state index in [0.29, 0.717) is 6.42 Å². The van der Waals surface area contributed by atoms with E-state index in [4.69, 9.17) is 0 Å². The molecule has 0 saturated carbocycles. The number of nitrogens with one attached hydrogen (secondary N) is 2. The SMILES string of the molecule is Cc1ccc(SCC(=O)NNC(=O)CCCSc2ccccc2)cc1. The molecular weight excluding hydrogens is 352 g/mol. The highest BCUT2D eigenvalue weighted by atomic mass is 32.2. The fraction of sp³-hybridized carbons (Fsp3) is 0.263. The molecule has 0 fully saturated rings. The lowest BCUT2D eigenvalue weighted by molar-refractivity contribution is -0.127. The van der Waals surface area contributed by atoms with E-state index in [-0.39, 0.29) is 17.6 Å². The van der Waals surface area contributed by atoms with Crippen LogP contribution in [0.1, 0.15) is 18.4 Å². The van der Waals surface area contributed by atoms with Crippen molar-refractivity contribution in [2.75, 3.05) is 11.5 Å². The summed E-state index contributed by atoms with van der Waals surface area (Å²) in [6.07, 6.45) is 1.16. The first kappa shape index (κ1) is 19.4. The van der Waals surface area contributed by atoms with Crippen LogP contribution in [0.4, 0.5) is 0 Å². The van der Waals surface area contributed by atoms with Crippen LogP contribution in [0.25, 0.3) is 0 Å². The number of carbonyl (C=O) groups excluding carboxylic acids is 2. The highest BCUT2D eigenvalue weighted by Gasteiger charge is 2.06. The van der Waals surface area contributed by atoms with Gasteiger partial charge < -0.3 is 0 Å². The van der Waals surface area contributed by atoms with Crippen LogP contribution < -0.4 is 10.9 Å². The number of thioether (sulfide) groups is 2. The van der Waals surface area contributed by atoms with Gasteiger partial charge in [-0.05, 0) is 43.4 Å². The molecule has 2 N–H and O–H groups in total. The van der Waals surface area contributed by atoms with Crippen molar-refractivity contribution in [3.63, 3.8) is 0 Å². The summed E-state index contributed by atoms with van der Waals surface area (Å²) in [5, 5.41) is 0. The van der Waals surface area contributed by atoms with Crippen molar-refractivity contribution < 1.29 is 9.59 Å². The summed E-state index contributed by atoms with van der Waals surface area (Å²) in [6.45, 7) is 2.02. The molecule has 0 heterocycles. The van der Waals surface area contributed by atoms with E-state index in [0.717, 1.165) is 17.1 Å². The molecule has 0 unspecified atom stereocenters. The highest BCUT2D eigenvalue weighted by molar-refractivity contribution is 8.00. The maximum atomic E-state index is 11.8. The average molecular weight is 375 g/mol. The van der Waals surface area contributed by atoms with Gasteiger partial charge in [-0.1, -0.05) is 35.9 Å². The van der Waals surface area contributed by atoms with Crippen LogP contribution in [0, 0.1) is 6.92 Å². The second-order valence-electron chi connectivity index (χ2n) is 5.46. The molecule has 0 bridgehead atoms. The first-order valence-corrected chi connectivity index (χ1v) is 10.1. The fourth-order valence-electron chi connectivity index (χ4n) is 1.96. The van der Waals surface area contributed by atoms with Crippen molar-refractivity contribution in [2.45, 2.75) is 29.6 Å². The Bertz CT molecular complexity index is 676. The number of carbonyl (C=O) groups is 2. The molecule has 25 heavy (non-hydrogen) atoms. The summed E-state index contributed by atoms with van der Waals surface area (Å²) >= 11 is 3.16. The predicted octanol–water partition coefficient (Wildman–Crippen LogP) is 3.81. The summed E-state index contributed by atoms with van der Waals surface area (Å²) in [6, 6.07) is 18.1.